The molecule has 1 saturated carbocycles. The molecule has 174 valence electrons. The molecule has 1 aliphatic carbocycles. The molecule has 0 unspecified atom stereocenters. The summed E-state index contributed by atoms with van der Waals surface area (Å²) in [6.45, 7) is 6.79. The Kier molecular flexibility index (Phi) is 7.32. The number of pyridine rings is 1. The third-order valence-corrected chi connectivity index (χ3v) is 6.07. The lowest BCUT2D eigenvalue weighted by atomic mass is 9.79. The molecule has 0 atom stereocenters. The van der Waals surface area contributed by atoms with Crippen molar-refractivity contribution >= 4 is 5.91 Å². The molecule has 0 spiro atoms. The van der Waals surface area contributed by atoms with Crippen LogP contribution in [0, 0.1) is 12.8 Å². The van der Waals surface area contributed by atoms with Crippen LogP contribution in [0.3, 0.4) is 0 Å². The van der Waals surface area contributed by atoms with E-state index in [1.807, 2.05) is 19.2 Å². The molecule has 8 nitrogen and oxygen atoms in total. The summed E-state index contributed by atoms with van der Waals surface area (Å²) in [5.74, 6) is 3.11. The highest BCUT2D eigenvalue weighted by Gasteiger charge is 2.27. The van der Waals surface area contributed by atoms with Crippen LogP contribution < -0.4 is 10.1 Å². The van der Waals surface area contributed by atoms with Gasteiger partial charge in [-0.25, -0.2) is 9.97 Å². The third-order valence-electron chi connectivity index (χ3n) is 6.07. The summed E-state index contributed by atoms with van der Waals surface area (Å²) >= 11 is 0. The van der Waals surface area contributed by atoms with Crippen molar-refractivity contribution < 1.29 is 14.1 Å². The van der Waals surface area contributed by atoms with Crippen molar-refractivity contribution in [1.29, 1.82) is 0 Å². The number of ether oxygens (including phenoxy) is 1. The number of amides is 1. The Morgan fingerprint density at radius 3 is 2.73 bits per heavy atom. The van der Waals surface area contributed by atoms with Crippen molar-refractivity contribution in [2.75, 3.05) is 13.2 Å². The number of nitrogens with one attached hydrogen (secondary N) is 1. The Hall–Kier alpha value is -3.29. The molecule has 0 bridgehead atoms. The van der Waals surface area contributed by atoms with Gasteiger partial charge >= 0.3 is 0 Å². The van der Waals surface area contributed by atoms with E-state index in [0.29, 0.717) is 24.1 Å². The number of hydrogen-bond acceptors (Lipinski definition) is 7. The smallest absolute Gasteiger partial charge is 0.257 e. The number of rotatable bonds is 8. The van der Waals surface area contributed by atoms with Gasteiger partial charge in [-0.2, -0.15) is 0 Å². The Morgan fingerprint density at radius 1 is 1.24 bits per heavy atom. The zero-order valence-corrected chi connectivity index (χ0v) is 19.5. The molecular weight excluding hydrogens is 418 g/mol. The third kappa shape index (κ3) is 5.94. The highest BCUT2D eigenvalue weighted by molar-refractivity contribution is 5.77. The zero-order chi connectivity index (χ0) is 23.2. The first kappa shape index (κ1) is 22.9. The van der Waals surface area contributed by atoms with Gasteiger partial charge in [0.2, 0.25) is 0 Å². The van der Waals surface area contributed by atoms with Crippen molar-refractivity contribution in [3.8, 4) is 17.1 Å². The van der Waals surface area contributed by atoms with Crippen LogP contribution in [0.15, 0.2) is 41.3 Å². The Bertz CT molecular complexity index is 1060. The van der Waals surface area contributed by atoms with Gasteiger partial charge in [-0.15, -0.1) is 0 Å². The molecule has 3 heterocycles. The molecule has 0 radical (unpaired) electrons. The van der Waals surface area contributed by atoms with Crippen LogP contribution >= 0.6 is 0 Å². The summed E-state index contributed by atoms with van der Waals surface area (Å²) in [6.07, 6.45) is 9.24. The average molecular weight is 450 g/mol. The van der Waals surface area contributed by atoms with E-state index < -0.39 is 0 Å². The van der Waals surface area contributed by atoms with Crippen LogP contribution in [-0.4, -0.2) is 39.2 Å². The second-order valence-electron chi connectivity index (χ2n) is 9.01. The summed E-state index contributed by atoms with van der Waals surface area (Å²) in [7, 11) is 0. The van der Waals surface area contributed by atoms with E-state index in [1.54, 1.807) is 24.5 Å². The SMILES string of the molecule is Cc1cc(-c2cnc(C(C)C)nc2C2CCC(CNC(=O)COc3cccnc3)CC2)on1. The van der Waals surface area contributed by atoms with Crippen molar-refractivity contribution in [3.05, 3.63) is 54.0 Å². The van der Waals surface area contributed by atoms with Crippen molar-refractivity contribution in [1.82, 2.24) is 25.4 Å². The van der Waals surface area contributed by atoms with E-state index >= 15 is 0 Å². The van der Waals surface area contributed by atoms with E-state index in [-0.39, 0.29) is 18.4 Å². The first-order chi connectivity index (χ1) is 16.0. The van der Waals surface area contributed by atoms with Crippen LogP contribution in [-0.2, 0) is 4.79 Å². The van der Waals surface area contributed by atoms with Crippen molar-refractivity contribution in [2.24, 2.45) is 5.92 Å². The lowest BCUT2D eigenvalue weighted by molar-refractivity contribution is -0.123. The highest BCUT2D eigenvalue weighted by atomic mass is 16.5. The quantitative estimate of drug-likeness (QED) is 0.543. The predicted octanol–water partition coefficient (Wildman–Crippen LogP) is 4.43. The molecular formula is C25H31N5O3. The molecule has 3 aromatic heterocycles. The number of carbonyl (C=O) groups is 1. The maximum absolute atomic E-state index is 12.2. The molecule has 0 aliphatic heterocycles. The predicted molar refractivity (Wildman–Crippen MR) is 124 cm³/mol. The largest absolute Gasteiger partial charge is 0.482 e. The number of aromatic nitrogens is 4. The van der Waals surface area contributed by atoms with Gasteiger partial charge in [0.05, 0.1) is 23.1 Å². The van der Waals surface area contributed by atoms with Gasteiger partial charge < -0.3 is 14.6 Å². The van der Waals surface area contributed by atoms with Gasteiger partial charge in [0, 0.05) is 36.8 Å². The van der Waals surface area contributed by atoms with E-state index in [1.165, 1.54) is 0 Å². The van der Waals surface area contributed by atoms with Crippen LogP contribution in [0.5, 0.6) is 5.75 Å². The number of carbonyl (C=O) groups excluding carboxylic acids is 1. The number of aryl methyl sites for hydroxylation is 1. The van der Waals surface area contributed by atoms with Crippen molar-refractivity contribution in [3.63, 3.8) is 0 Å². The molecule has 4 rings (SSSR count). The summed E-state index contributed by atoms with van der Waals surface area (Å²) in [6, 6.07) is 5.50. The molecule has 8 heteroatoms. The second-order valence-corrected chi connectivity index (χ2v) is 9.01. The maximum atomic E-state index is 12.2. The van der Waals surface area contributed by atoms with E-state index in [4.69, 9.17) is 14.2 Å². The van der Waals surface area contributed by atoms with E-state index in [9.17, 15) is 4.79 Å². The number of hydrogen-bond donors (Lipinski definition) is 1. The molecule has 1 aliphatic rings. The lowest BCUT2D eigenvalue weighted by Gasteiger charge is -2.29. The summed E-state index contributed by atoms with van der Waals surface area (Å²) in [4.78, 5) is 25.6. The average Bonchev–Trinajstić information content (AvgIpc) is 3.28. The van der Waals surface area contributed by atoms with Gasteiger partial charge in [0.25, 0.3) is 5.91 Å². The Labute approximate surface area is 194 Å². The maximum Gasteiger partial charge on any atom is 0.257 e. The Balaban J connectivity index is 1.33. The van der Waals surface area contributed by atoms with Gasteiger partial charge in [-0.3, -0.25) is 9.78 Å². The topological polar surface area (TPSA) is 103 Å². The minimum Gasteiger partial charge on any atom is -0.482 e. The summed E-state index contributed by atoms with van der Waals surface area (Å²) in [5, 5.41) is 7.05. The van der Waals surface area contributed by atoms with Crippen LogP contribution in [0.4, 0.5) is 0 Å². The minimum atomic E-state index is -0.110. The van der Waals surface area contributed by atoms with Crippen molar-refractivity contribution in [2.45, 2.75) is 58.3 Å². The fourth-order valence-electron chi connectivity index (χ4n) is 4.21. The fourth-order valence-corrected chi connectivity index (χ4v) is 4.21. The first-order valence-corrected chi connectivity index (χ1v) is 11.6. The fraction of sp³-hybridized carbons (Fsp3) is 0.480. The number of nitrogens with zero attached hydrogens (tertiary/aromatic N) is 4. The molecule has 1 fully saturated rings. The Morgan fingerprint density at radius 2 is 2.06 bits per heavy atom. The zero-order valence-electron chi connectivity index (χ0n) is 19.5. The molecule has 33 heavy (non-hydrogen) atoms. The van der Waals surface area contributed by atoms with Crippen LogP contribution in [0.2, 0.25) is 0 Å². The van der Waals surface area contributed by atoms with Gasteiger partial charge in [-0.05, 0) is 50.7 Å². The normalized spacial score (nSPS) is 18.3. The highest BCUT2D eigenvalue weighted by Crippen LogP contribution is 2.39. The summed E-state index contributed by atoms with van der Waals surface area (Å²) < 4.78 is 11.0. The molecule has 0 aromatic carbocycles. The first-order valence-electron chi connectivity index (χ1n) is 11.6. The summed E-state index contributed by atoms with van der Waals surface area (Å²) in [5.41, 5.74) is 2.83. The van der Waals surface area contributed by atoms with E-state index in [0.717, 1.165) is 54.2 Å². The van der Waals surface area contributed by atoms with E-state index in [2.05, 4.69) is 34.3 Å². The van der Waals surface area contributed by atoms with Crippen LogP contribution in [0.1, 0.15) is 68.6 Å². The van der Waals surface area contributed by atoms with Crippen LogP contribution in [0.25, 0.3) is 11.3 Å². The second kappa shape index (κ2) is 10.6. The molecule has 3 aromatic rings. The van der Waals surface area contributed by atoms with Gasteiger partial charge in [0.1, 0.15) is 11.6 Å². The van der Waals surface area contributed by atoms with Gasteiger partial charge in [0.15, 0.2) is 12.4 Å². The lowest BCUT2D eigenvalue weighted by Crippen LogP contribution is -2.34. The molecule has 0 saturated heterocycles. The minimum absolute atomic E-state index is 0.0000873. The van der Waals surface area contributed by atoms with Gasteiger partial charge in [-0.1, -0.05) is 19.0 Å². The molecule has 1 amide bonds. The molecule has 1 N–H and O–H groups in total. The standard InChI is InChI=1S/C25H31N5O3/c1-16(2)25-28-14-21(22-11-17(3)30-33-22)24(29-25)19-8-6-18(7-9-19)12-27-23(31)15-32-20-5-4-10-26-13-20/h4-5,10-11,13-14,16,18-19H,6-9,12,15H2,1-3H3,(H,27,31). The monoisotopic (exact) mass is 449 g/mol.